The lowest BCUT2D eigenvalue weighted by Crippen LogP contribution is -2.38. The van der Waals surface area contributed by atoms with E-state index >= 15 is 4.39 Å². The van der Waals surface area contributed by atoms with Gasteiger partial charge in [-0.3, -0.25) is 9.69 Å². The molecule has 0 saturated carbocycles. The first-order valence-corrected chi connectivity index (χ1v) is 11.7. The van der Waals surface area contributed by atoms with Crippen molar-refractivity contribution in [2.45, 2.75) is 13.0 Å². The van der Waals surface area contributed by atoms with E-state index in [0.717, 1.165) is 0 Å². The van der Waals surface area contributed by atoms with Crippen molar-refractivity contribution in [1.29, 1.82) is 0 Å². The number of aldehydes is 1. The number of hydrogen-bond acceptors (Lipinski definition) is 3. The standard InChI is InChI=1S/C29H28F2N4O2/c1-6-10-24-23(7-2)32-25(18-13-15-19(30)16-14-18)28-27(34(5)29(37)33(3)4)21(17-36)26(35(24)28)20-11-8-9-12-22(20)31/h6-17,25,32H,2H2,1,3-5H3/b10-6-. The summed E-state index contributed by atoms with van der Waals surface area (Å²) in [5.74, 6) is -0.916. The summed E-state index contributed by atoms with van der Waals surface area (Å²) in [5, 5.41) is 3.43. The lowest BCUT2D eigenvalue weighted by molar-refractivity contribution is 0.112. The van der Waals surface area contributed by atoms with Gasteiger partial charge in [0, 0.05) is 26.7 Å². The SMILES string of the molecule is C=CC1=C(/C=C\C)n2c(-c3ccccc3F)c(C=O)c(N(C)C(=O)N(C)C)c2C(c2ccc(F)cc2)N1. The fraction of sp³-hybridized carbons (Fsp3) is 0.172. The number of anilines is 1. The van der Waals surface area contributed by atoms with Gasteiger partial charge in [0.15, 0.2) is 6.29 Å². The number of nitrogens with zero attached hydrogens (tertiary/aromatic N) is 3. The number of hydrogen-bond donors (Lipinski definition) is 1. The molecule has 3 aromatic rings. The van der Waals surface area contributed by atoms with Crippen LogP contribution in [0.1, 0.15) is 34.6 Å². The molecule has 1 aromatic heterocycles. The van der Waals surface area contributed by atoms with Crippen molar-refractivity contribution >= 4 is 23.7 Å². The van der Waals surface area contributed by atoms with E-state index in [-0.39, 0.29) is 17.2 Å². The molecule has 1 aliphatic heterocycles. The average molecular weight is 503 g/mol. The van der Waals surface area contributed by atoms with Gasteiger partial charge in [-0.2, -0.15) is 0 Å². The van der Waals surface area contributed by atoms with Gasteiger partial charge in [-0.05, 0) is 48.9 Å². The van der Waals surface area contributed by atoms with Crippen molar-refractivity contribution in [3.05, 3.63) is 107 Å². The first-order valence-electron chi connectivity index (χ1n) is 11.7. The number of rotatable bonds is 6. The number of nitrogens with one attached hydrogen (secondary N) is 1. The third-order valence-corrected chi connectivity index (χ3v) is 6.29. The van der Waals surface area contributed by atoms with E-state index in [4.69, 9.17) is 0 Å². The van der Waals surface area contributed by atoms with E-state index in [9.17, 15) is 14.0 Å². The minimum atomic E-state index is -0.616. The van der Waals surface area contributed by atoms with E-state index in [2.05, 4.69) is 11.9 Å². The zero-order valence-electron chi connectivity index (χ0n) is 21.1. The van der Waals surface area contributed by atoms with Gasteiger partial charge in [-0.25, -0.2) is 13.6 Å². The third-order valence-electron chi connectivity index (χ3n) is 6.29. The number of halogens is 2. The van der Waals surface area contributed by atoms with Gasteiger partial charge in [0.2, 0.25) is 0 Å². The van der Waals surface area contributed by atoms with Crippen LogP contribution in [0, 0.1) is 11.6 Å². The van der Waals surface area contributed by atoms with Gasteiger partial charge < -0.3 is 14.8 Å². The van der Waals surface area contributed by atoms with Gasteiger partial charge in [-0.15, -0.1) is 0 Å². The molecule has 4 rings (SSSR count). The number of fused-ring (bicyclic) bond motifs is 1. The van der Waals surface area contributed by atoms with Crippen LogP contribution >= 0.6 is 0 Å². The molecule has 37 heavy (non-hydrogen) atoms. The summed E-state index contributed by atoms with van der Waals surface area (Å²) in [6.07, 6.45) is 5.92. The predicted molar refractivity (Wildman–Crippen MR) is 142 cm³/mol. The van der Waals surface area contributed by atoms with E-state index in [1.807, 2.05) is 19.1 Å². The summed E-state index contributed by atoms with van der Waals surface area (Å²) in [4.78, 5) is 28.7. The normalized spacial score (nSPS) is 14.8. The van der Waals surface area contributed by atoms with E-state index in [1.165, 1.54) is 28.0 Å². The number of carbonyl (C=O) groups is 2. The second-order valence-corrected chi connectivity index (χ2v) is 8.80. The van der Waals surface area contributed by atoms with E-state index in [0.29, 0.717) is 40.3 Å². The summed E-state index contributed by atoms with van der Waals surface area (Å²) < 4.78 is 30.9. The Labute approximate surface area is 214 Å². The van der Waals surface area contributed by atoms with Gasteiger partial charge >= 0.3 is 6.03 Å². The molecule has 190 valence electrons. The van der Waals surface area contributed by atoms with Crippen molar-refractivity contribution in [2.24, 2.45) is 0 Å². The Morgan fingerprint density at radius 3 is 2.32 bits per heavy atom. The van der Waals surface area contributed by atoms with Gasteiger partial charge in [0.05, 0.1) is 40.1 Å². The highest BCUT2D eigenvalue weighted by atomic mass is 19.1. The maximum Gasteiger partial charge on any atom is 0.323 e. The van der Waals surface area contributed by atoms with Crippen LogP contribution in [0.3, 0.4) is 0 Å². The first kappa shape index (κ1) is 25.6. The smallest absolute Gasteiger partial charge is 0.323 e. The minimum Gasteiger partial charge on any atom is -0.371 e. The molecule has 0 spiro atoms. The number of aromatic nitrogens is 1. The third kappa shape index (κ3) is 4.35. The molecule has 1 atom stereocenters. The number of benzene rings is 2. The Bertz CT molecular complexity index is 1430. The Kier molecular flexibility index (Phi) is 7.11. The van der Waals surface area contributed by atoms with Crippen molar-refractivity contribution in [1.82, 2.24) is 14.8 Å². The average Bonchev–Trinajstić information content (AvgIpc) is 3.23. The molecule has 2 amide bonds. The lowest BCUT2D eigenvalue weighted by atomic mass is 9.98. The first-order chi connectivity index (χ1) is 17.7. The van der Waals surface area contributed by atoms with Crippen LogP contribution in [-0.4, -0.2) is 42.9 Å². The molecule has 0 radical (unpaired) electrons. The fourth-order valence-corrected chi connectivity index (χ4v) is 4.69. The van der Waals surface area contributed by atoms with Gasteiger partial charge in [0.1, 0.15) is 11.6 Å². The van der Waals surface area contributed by atoms with Crippen LogP contribution in [0.25, 0.3) is 17.0 Å². The maximum atomic E-state index is 15.3. The van der Waals surface area contributed by atoms with Crippen molar-refractivity contribution in [2.75, 3.05) is 26.0 Å². The van der Waals surface area contributed by atoms with Crippen molar-refractivity contribution in [3.8, 4) is 11.3 Å². The topological polar surface area (TPSA) is 57.6 Å². The van der Waals surface area contributed by atoms with Crippen molar-refractivity contribution in [3.63, 3.8) is 0 Å². The number of urea groups is 1. The molecule has 0 bridgehead atoms. The highest BCUT2D eigenvalue weighted by Crippen LogP contribution is 2.47. The predicted octanol–water partition coefficient (Wildman–Crippen LogP) is 5.99. The van der Waals surface area contributed by atoms with Gasteiger partial charge in [-0.1, -0.05) is 36.9 Å². The minimum absolute atomic E-state index is 0.152. The molecule has 1 aliphatic rings. The summed E-state index contributed by atoms with van der Waals surface area (Å²) in [5.41, 5.74) is 3.43. The largest absolute Gasteiger partial charge is 0.371 e. The fourth-order valence-electron chi connectivity index (χ4n) is 4.69. The Morgan fingerprint density at radius 1 is 1.08 bits per heavy atom. The molecule has 2 aromatic carbocycles. The van der Waals surface area contributed by atoms with Crippen LogP contribution in [0.5, 0.6) is 0 Å². The molecular formula is C29H28F2N4O2. The number of amides is 2. The Morgan fingerprint density at radius 2 is 1.76 bits per heavy atom. The molecular weight excluding hydrogens is 474 g/mol. The summed E-state index contributed by atoms with van der Waals surface area (Å²) in [7, 11) is 4.78. The molecule has 8 heteroatoms. The zero-order valence-corrected chi connectivity index (χ0v) is 21.1. The molecule has 2 heterocycles. The Balaban J connectivity index is 2.22. The summed E-state index contributed by atoms with van der Waals surface area (Å²) >= 11 is 0. The molecule has 1 unspecified atom stereocenters. The summed E-state index contributed by atoms with van der Waals surface area (Å²) in [6.45, 7) is 5.79. The quantitative estimate of drug-likeness (QED) is 0.422. The summed E-state index contributed by atoms with van der Waals surface area (Å²) in [6, 6.07) is 11.1. The molecule has 0 aliphatic carbocycles. The molecule has 6 nitrogen and oxygen atoms in total. The van der Waals surface area contributed by atoms with Crippen molar-refractivity contribution < 1.29 is 18.4 Å². The zero-order chi connectivity index (χ0) is 26.9. The monoisotopic (exact) mass is 502 g/mol. The molecule has 0 saturated heterocycles. The van der Waals surface area contributed by atoms with Crippen LogP contribution in [0.15, 0.2) is 79.0 Å². The number of carbonyl (C=O) groups excluding carboxylic acids is 2. The van der Waals surface area contributed by atoms with Crippen LogP contribution in [0.2, 0.25) is 0 Å². The van der Waals surface area contributed by atoms with Crippen LogP contribution in [0.4, 0.5) is 19.3 Å². The maximum absolute atomic E-state index is 15.3. The molecule has 0 fully saturated rings. The highest BCUT2D eigenvalue weighted by molar-refractivity contribution is 6.04. The van der Waals surface area contributed by atoms with E-state index in [1.54, 1.807) is 62.1 Å². The Hall–Kier alpha value is -4.46. The molecule has 1 N–H and O–H groups in total. The second-order valence-electron chi connectivity index (χ2n) is 8.80. The second kappa shape index (κ2) is 10.3. The number of allylic oxidation sites excluding steroid dienone is 4. The lowest BCUT2D eigenvalue weighted by Gasteiger charge is -2.33. The van der Waals surface area contributed by atoms with Crippen LogP contribution < -0.4 is 10.2 Å². The van der Waals surface area contributed by atoms with Gasteiger partial charge in [0.25, 0.3) is 0 Å². The highest BCUT2D eigenvalue weighted by Gasteiger charge is 2.38. The van der Waals surface area contributed by atoms with E-state index < -0.39 is 17.7 Å². The van der Waals surface area contributed by atoms with Crippen LogP contribution in [-0.2, 0) is 0 Å².